The molecule has 0 radical (unpaired) electrons. The minimum absolute atomic E-state index is 0.255. The molecule has 0 fully saturated rings. The van der Waals surface area contributed by atoms with Crippen molar-refractivity contribution in [2.24, 2.45) is 0 Å². The van der Waals surface area contributed by atoms with Crippen LogP contribution in [0.3, 0.4) is 0 Å². The minimum atomic E-state index is 0.255. The van der Waals surface area contributed by atoms with E-state index in [-0.39, 0.29) is 6.79 Å². The van der Waals surface area contributed by atoms with Crippen LogP contribution in [0, 0.1) is 0 Å². The van der Waals surface area contributed by atoms with Gasteiger partial charge in [-0.1, -0.05) is 36.4 Å². The number of aromatic nitrogens is 2. The minimum Gasteiger partial charge on any atom is -0.497 e. The monoisotopic (exact) mass is 415 g/mol. The van der Waals surface area contributed by atoms with E-state index in [0.29, 0.717) is 25.0 Å². The van der Waals surface area contributed by atoms with Crippen LogP contribution >= 0.6 is 0 Å². The van der Waals surface area contributed by atoms with E-state index < -0.39 is 0 Å². The van der Waals surface area contributed by atoms with Gasteiger partial charge in [0.1, 0.15) is 18.2 Å². The van der Waals surface area contributed by atoms with Gasteiger partial charge in [-0.25, -0.2) is 0 Å². The zero-order chi connectivity index (χ0) is 21.0. The SMILES string of the molecule is COc1ccc2nc(OCc3ccccc3)nc(NCc3ccc4c(c3)OCO4)c2c1. The number of fused-ring (bicyclic) bond motifs is 2. The molecular weight excluding hydrogens is 394 g/mol. The Bertz CT molecular complexity index is 1210. The number of benzene rings is 3. The molecule has 0 saturated heterocycles. The van der Waals surface area contributed by atoms with Gasteiger partial charge in [-0.15, -0.1) is 0 Å². The summed E-state index contributed by atoms with van der Waals surface area (Å²) in [4.78, 5) is 9.19. The quantitative estimate of drug-likeness (QED) is 0.474. The molecule has 2 heterocycles. The van der Waals surface area contributed by atoms with Crippen LogP contribution in [-0.4, -0.2) is 23.9 Å². The number of hydrogen-bond acceptors (Lipinski definition) is 7. The van der Waals surface area contributed by atoms with Crippen molar-refractivity contribution >= 4 is 16.7 Å². The Kier molecular flexibility index (Phi) is 5.14. The second-order valence-electron chi connectivity index (χ2n) is 7.05. The first-order valence-electron chi connectivity index (χ1n) is 9.93. The molecule has 0 aliphatic carbocycles. The van der Waals surface area contributed by atoms with Crippen molar-refractivity contribution in [3.05, 3.63) is 77.9 Å². The maximum absolute atomic E-state index is 5.88. The summed E-state index contributed by atoms with van der Waals surface area (Å²) in [5, 5.41) is 4.26. The fourth-order valence-electron chi connectivity index (χ4n) is 3.37. The van der Waals surface area contributed by atoms with Gasteiger partial charge in [-0.2, -0.15) is 9.97 Å². The molecule has 1 N–H and O–H groups in total. The molecule has 0 spiro atoms. The molecule has 0 saturated carbocycles. The zero-order valence-electron chi connectivity index (χ0n) is 17.0. The van der Waals surface area contributed by atoms with E-state index in [0.717, 1.165) is 39.3 Å². The van der Waals surface area contributed by atoms with Crippen molar-refractivity contribution in [2.75, 3.05) is 19.2 Å². The number of ether oxygens (including phenoxy) is 4. The topological polar surface area (TPSA) is 74.7 Å². The number of anilines is 1. The number of methoxy groups -OCH3 is 1. The molecule has 4 aromatic rings. The second-order valence-corrected chi connectivity index (χ2v) is 7.05. The standard InChI is InChI=1S/C24H21N3O4/c1-28-18-8-9-20-19(12-18)23(25-13-17-7-10-21-22(11-17)31-15-30-21)27-24(26-20)29-14-16-5-3-2-4-6-16/h2-12H,13-15H2,1H3,(H,25,26,27). The molecule has 0 unspecified atom stereocenters. The maximum Gasteiger partial charge on any atom is 0.319 e. The molecule has 0 amide bonds. The van der Waals surface area contributed by atoms with Crippen LogP contribution in [0.4, 0.5) is 5.82 Å². The molecule has 31 heavy (non-hydrogen) atoms. The van der Waals surface area contributed by atoms with E-state index in [1.54, 1.807) is 7.11 Å². The van der Waals surface area contributed by atoms with Gasteiger partial charge in [0.15, 0.2) is 11.5 Å². The van der Waals surface area contributed by atoms with Crippen molar-refractivity contribution in [3.8, 4) is 23.3 Å². The van der Waals surface area contributed by atoms with Crippen molar-refractivity contribution in [1.82, 2.24) is 9.97 Å². The van der Waals surface area contributed by atoms with Crippen LogP contribution in [0.1, 0.15) is 11.1 Å². The van der Waals surface area contributed by atoms with Gasteiger partial charge >= 0.3 is 6.01 Å². The number of hydrogen-bond donors (Lipinski definition) is 1. The van der Waals surface area contributed by atoms with E-state index in [1.165, 1.54) is 0 Å². The molecule has 0 bridgehead atoms. The molecule has 156 valence electrons. The highest BCUT2D eigenvalue weighted by Gasteiger charge is 2.14. The van der Waals surface area contributed by atoms with Crippen molar-refractivity contribution in [1.29, 1.82) is 0 Å². The van der Waals surface area contributed by atoms with Gasteiger partial charge < -0.3 is 24.3 Å². The lowest BCUT2D eigenvalue weighted by atomic mass is 10.2. The third kappa shape index (κ3) is 4.16. The number of nitrogens with one attached hydrogen (secondary N) is 1. The smallest absolute Gasteiger partial charge is 0.319 e. The molecule has 3 aromatic carbocycles. The highest BCUT2D eigenvalue weighted by Crippen LogP contribution is 2.33. The lowest BCUT2D eigenvalue weighted by Gasteiger charge is -2.13. The third-order valence-electron chi connectivity index (χ3n) is 4.99. The van der Waals surface area contributed by atoms with Crippen LogP contribution in [-0.2, 0) is 13.2 Å². The van der Waals surface area contributed by atoms with Gasteiger partial charge in [-0.3, -0.25) is 0 Å². The summed E-state index contributed by atoms with van der Waals surface area (Å²) in [5.74, 6) is 2.92. The van der Waals surface area contributed by atoms with Crippen LogP contribution in [0.25, 0.3) is 10.9 Å². The Balaban J connectivity index is 1.42. The number of rotatable bonds is 7. The third-order valence-corrected chi connectivity index (χ3v) is 4.99. The lowest BCUT2D eigenvalue weighted by Crippen LogP contribution is -2.06. The van der Waals surface area contributed by atoms with Gasteiger partial charge in [0.05, 0.1) is 12.6 Å². The zero-order valence-corrected chi connectivity index (χ0v) is 17.0. The van der Waals surface area contributed by atoms with E-state index >= 15 is 0 Å². The van der Waals surface area contributed by atoms with E-state index in [9.17, 15) is 0 Å². The predicted octanol–water partition coefficient (Wildman–Crippen LogP) is 4.56. The Morgan fingerprint density at radius 2 is 1.77 bits per heavy atom. The molecule has 1 aliphatic heterocycles. The summed E-state index contributed by atoms with van der Waals surface area (Å²) in [7, 11) is 1.64. The second kappa shape index (κ2) is 8.39. The largest absolute Gasteiger partial charge is 0.497 e. The molecule has 1 aromatic heterocycles. The van der Waals surface area contributed by atoms with Crippen molar-refractivity contribution in [2.45, 2.75) is 13.2 Å². The van der Waals surface area contributed by atoms with Gasteiger partial charge in [-0.05, 0) is 41.5 Å². The first-order valence-corrected chi connectivity index (χ1v) is 9.93. The molecule has 7 heteroatoms. The summed E-state index contributed by atoms with van der Waals surface area (Å²) < 4.78 is 22.1. The van der Waals surface area contributed by atoms with E-state index in [4.69, 9.17) is 18.9 Å². The summed E-state index contributed by atoms with van der Waals surface area (Å²) in [6, 6.07) is 21.8. The Morgan fingerprint density at radius 1 is 0.903 bits per heavy atom. The first-order chi connectivity index (χ1) is 15.3. The number of nitrogens with zero attached hydrogens (tertiary/aromatic N) is 2. The fourth-order valence-corrected chi connectivity index (χ4v) is 3.37. The summed E-state index contributed by atoms with van der Waals surface area (Å²) in [6.45, 7) is 1.20. The predicted molar refractivity (Wildman–Crippen MR) is 117 cm³/mol. The highest BCUT2D eigenvalue weighted by atomic mass is 16.7. The van der Waals surface area contributed by atoms with Crippen LogP contribution in [0.15, 0.2) is 66.7 Å². The molecule has 5 rings (SSSR count). The van der Waals surface area contributed by atoms with Crippen molar-refractivity contribution < 1.29 is 18.9 Å². The van der Waals surface area contributed by atoms with Crippen LogP contribution < -0.4 is 24.3 Å². The molecule has 7 nitrogen and oxygen atoms in total. The fraction of sp³-hybridized carbons (Fsp3) is 0.167. The lowest BCUT2D eigenvalue weighted by molar-refractivity contribution is 0.174. The molecule has 1 aliphatic rings. The average Bonchev–Trinajstić information content (AvgIpc) is 3.29. The Hall–Kier alpha value is -4.00. The van der Waals surface area contributed by atoms with Gasteiger partial charge in [0.2, 0.25) is 6.79 Å². The summed E-state index contributed by atoms with van der Waals surface area (Å²) in [6.07, 6.45) is 0. The summed E-state index contributed by atoms with van der Waals surface area (Å²) in [5.41, 5.74) is 2.87. The normalized spacial score (nSPS) is 12.0. The Morgan fingerprint density at radius 3 is 2.65 bits per heavy atom. The van der Waals surface area contributed by atoms with E-state index in [1.807, 2.05) is 66.7 Å². The van der Waals surface area contributed by atoms with Crippen LogP contribution in [0.2, 0.25) is 0 Å². The maximum atomic E-state index is 5.88. The van der Waals surface area contributed by atoms with Gasteiger partial charge in [0, 0.05) is 11.9 Å². The summed E-state index contributed by atoms with van der Waals surface area (Å²) >= 11 is 0. The average molecular weight is 415 g/mol. The Labute approximate surface area is 179 Å². The van der Waals surface area contributed by atoms with Gasteiger partial charge in [0.25, 0.3) is 0 Å². The van der Waals surface area contributed by atoms with Crippen molar-refractivity contribution in [3.63, 3.8) is 0 Å². The van der Waals surface area contributed by atoms with Crippen LogP contribution in [0.5, 0.6) is 23.3 Å². The molecule has 0 atom stereocenters. The van der Waals surface area contributed by atoms with E-state index in [2.05, 4.69) is 15.3 Å². The first kappa shape index (κ1) is 19.0. The highest BCUT2D eigenvalue weighted by molar-refractivity contribution is 5.90. The molecular formula is C24H21N3O4.